The Morgan fingerprint density at radius 2 is 2.09 bits per heavy atom. The van der Waals surface area contributed by atoms with Crippen molar-refractivity contribution in [2.75, 3.05) is 17.7 Å². The maximum absolute atomic E-state index is 13.4. The fourth-order valence-electron chi connectivity index (χ4n) is 4.10. The average Bonchev–Trinajstić information content (AvgIpc) is 3.45. The van der Waals surface area contributed by atoms with E-state index in [2.05, 4.69) is 5.32 Å². The van der Waals surface area contributed by atoms with Crippen LogP contribution in [0.2, 0.25) is 0 Å². The second kappa shape index (κ2) is 9.03. The van der Waals surface area contributed by atoms with Crippen LogP contribution in [0.25, 0.3) is 22.1 Å². The number of carbonyl (C=O) groups excluding carboxylic acids is 1. The van der Waals surface area contributed by atoms with Gasteiger partial charge in [0, 0.05) is 17.7 Å². The van der Waals surface area contributed by atoms with Gasteiger partial charge < -0.3 is 14.5 Å². The molecule has 0 saturated carbocycles. The van der Waals surface area contributed by atoms with Crippen molar-refractivity contribution in [3.8, 4) is 0 Å². The molecule has 0 spiro atoms. The SMILES string of the molecule is Cc1ccc(C)c(NC(=O)CSc2nc3c(oc4ccccc43)c(=O)n2C[C@@H]2CCCO2)c1. The van der Waals surface area contributed by atoms with Crippen LogP contribution in [0.3, 0.4) is 0 Å². The number of aromatic nitrogens is 2. The molecular weight excluding hydrogens is 438 g/mol. The number of aryl methyl sites for hydroxylation is 2. The second-order valence-corrected chi connectivity index (χ2v) is 9.32. The highest BCUT2D eigenvalue weighted by atomic mass is 32.2. The Hall–Kier alpha value is -3.10. The molecule has 0 unspecified atom stereocenters. The summed E-state index contributed by atoms with van der Waals surface area (Å²) < 4.78 is 13.2. The molecule has 2 aromatic heterocycles. The molecule has 1 atom stereocenters. The zero-order valence-corrected chi connectivity index (χ0v) is 19.4. The lowest BCUT2D eigenvalue weighted by atomic mass is 10.1. The lowest BCUT2D eigenvalue weighted by Gasteiger charge is -2.15. The Balaban J connectivity index is 1.47. The van der Waals surface area contributed by atoms with Gasteiger partial charge in [-0.15, -0.1) is 0 Å². The minimum Gasteiger partial charge on any atom is -0.448 e. The van der Waals surface area contributed by atoms with E-state index in [0.29, 0.717) is 29.4 Å². The number of hydrogen-bond acceptors (Lipinski definition) is 6. The molecule has 4 aromatic rings. The van der Waals surface area contributed by atoms with Crippen molar-refractivity contribution in [1.29, 1.82) is 0 Å². The summed E-state index contributed by atoms with van der Waals surface area (Å²) in [5.74, 6) is -0.0177. The molecule has 1 amide bonds. The maximum atomic E-state index is 13.4. The Bertz CT molecular complexity index is 1400. The molecule has 0 radical (unpaired) electrons. The normalized spacial score (nSPS) is 16.0. The molecule has 7 nitrogen and oxygen atoms in total. The maximum Gasteiger partial charge on any atom is 0.297 e. The number of para-hydroxylation sites is 1. The van der Waals surface area contributed by atoms with Gasteiger partial charge in [-0.05, 0) is 56.0 Å². The van der Waals surface area contributed by atoms with Crippen molar-refractivity contribution in [3.63, 3.8) is 0 Å². The Kier molecular flexibility index (Phi) is 5.95. The predicted molar refractivity (Wildman–Crippen MR) is 130 cm³/mol. The van der Waals surface area contributed by atoms with Crippen LogP contribution in [0.4, 0.5) is 5.69 Å². The number of amides is 1. The summed E-state index contributed by atoms with van der Waals surface area (Å²) >= 11 is 1.25. The van der Waals surface area contributed by atoms with Gasteiger partial charge in [0.2, 0.25) is 11.5 Å². The summed E-state index contributed by atoms with van der Waals surface area (Å²) in [6.45, 7) is 5.03. The number of hydrogen-bond donors (Lipinski definition) is 1. The zero-order chi connectivity index (χ0) is 22.9. The summed E-state index contributed by atoms with van der Waals surface area (Å²) in [6, 6.07) is 13.4. The van der Waals surface area contributed by atoms with Gasteiger partial charge in [0.1, 0.15) is 11.1 Å². The topological polar surface area (TPSA) is 86.4 Å². The summed E-state index contributed by atoms with van der Waals surface area (Å²) in [6.07, 6.45) is 1.82. The molecule has 0 aliphatic carbocycles. The van der Waals surface area contributed by atoms with E-state index in [1.165, 1.54) is 11.8 Å². The van der Waals surface area contributed by atoms with E-state index < -0.39 is 0 Å². The van der Waals surface area contributed by atoms with Gasteiger partial charge in [0.05, 0.1) is 18.4 Å². The third-order valence-corrected chi connectivity index (χ3v) is 6.83. The van der Waals surface area contributed by atoms with Crippen molar-refractivity contribution in [3.05, 3.63) is 63.9 Å². The first kappa shape index (κ1) is 21.7. The molecular formula is C25H25N3O4S. The molecule has 5 rings (SSSR count). The summed E-state index contributed by atoms with van der Waals surface area (Å²) in [7, 11) is 0. The van der Waals surface area contributed by atoms with Crippen molar-refractivity contribution in [2.45, 2.75) is 44.5 Å². The molecule has 1 aliphatic rings. The summed E-state index contributed by atoms with van der Waals surface area (Å²) in [5, 5.41) is 4.25. The zero-order valence-electron chi connectivity index (χ0n) is 18.6. The Morgan fingerprint density at radius 3 is 2.91 bits per heavy atom. The van der Waals surface area contributed by atoms with E-state index in [0.717, 1.165) is 35.0 Å². The van der Waals surface area contributed by atoms with Crippen LogP contribution in [-0.4, -0.2) is 33.9 Å². The lowest BCUT2D eigenvalue weighted by Crippen LogP contribution is -2.29. The number of furan rings is 1. The van der Waals surface area contributed by atoms with E-state index in [1.807, 2.05) is 56.3 Å². The monoisotopic (exact) mass is 463 g/mol. The number of thioether (sulfide) groups is 1. The fraction of sp³-hybridized carbons (Fsp3) is 0.320. The van der Waals surface area contributed by atoms with Crippen LogP contribution < -0.4 is 10.9 Å². The molecule has 8 heteroatoms. The predicted octanol–water partition coefficient (Wildman–Crippen LogP) is 4.67. The van der Waals surface area contributed by atoms with Gasteiger partial charge in [-0.1, -0.05) is 36.0 Å². The van der Waals surface area contributed by atoms with Gasteiger partial charge in [0.15, 0.2) is 5.16 Å². The molecule has 1 saturated heterocycles. The Labute approximate surface area is 195 Å². The number of anilines is 1. The third kappa shape index (κ3) is 4.41. The average molecular weight is 464 g/mol. The molecule has 1 N–H and O–H groups in total. The number of rotatable bonds is 6. The van der Waals surface area contributed by atoms with Crippen molar-refractivity contribution >= 4 is 45.4 Å². The van der Waals surface area contributed by atoms with Crippen molar-refractivity contribution < 1.29 is 13.9 Å². The minimum atomic E-state index is -0.246. The highest BCUT2D eigenvalue weighted by Gasteiger charge is 2.23. The molecule has 1 aliphatic heterocycles. The van der Waals surface area contributed by atoms with Gasteiger partial charge in [-0.25, -0.2) is 4.98 Å². The molecule has 2 aromatic carbocycles. The highest BCUT2D eigenvalue weighted by molar-refractivity contribution is 7.99. The van der Waals surface area contributed by atoms with E-state index in [1.54, 1.807) is 4.57 Å². The van der Waals surface area contributed by atoms with Crippen LogP contribution in [0.1, 0.15) is 24.0 Å². The molecule has 33 heavy (non-hydrogen) atoms. The van der Waals surface area contributed by atoms with E-state index in [-0.39, 0.29) is 28.9 Å². The third-order valence-electron chi connectivity index (χ3n) is 5.86. The largest absolute Gasteiger partial charge is 0.448 e. The first-order valence-electron chi connectivity index (χ1n) is 11.0. The first-order valence-corrected chi connectivity index (χ1v) is 12.0. The molecule has 0 bridgehead atoms. The Morgan fingerprint density at radius 1 is 1.24 bits per heavy atom. The number of benzene rings is 2. The fourth-order valence-corrected chi connectivity index (χ4v) is 4.90. The van der Waals surface area contributed by atoms with E-state index >= 15 is 0 Å². The lowest BCUT2D eigenvalue weighted by molar-refractivity contribution is -0.113. The van der Waals surface area contributed by atoms with Crippen molar-refractivity contribution in [1.82, 2.24) is 9.55 Å². The number of fused-ring (bicyclic) bond motifs is 3. The van der Waals surface area contributed by atoms with E-state index in [4.69, 9.17) is 14.1 Å². The van der Waals surface area contributed by atoms with Crippen LogP contribution >= 0.6 is 11.8 Å². The number of nitrogens with one attached hydrogen (secondary N) is 1. The molecule has 3 heterocycles. The molecule has 1 fully saturated rings. The van der Waals surface area contributed by atoms with Crippen LogP contribution in [0.5, 0.6) is 0 Å². The van der Waals surface area contributed by atoms with Crippen LogP contribution in [-0.2, 0) is 16.1 Å². The number of ether oxygens (including phenoxy) is 1. The summed E-state index contributed by atoms with van der Waals surface area (Å²) in [4.78, 5) is 30.9. The quantitative estimate of drug-likeness (QED) is 0.330. The van der Waals surface area contributed by atoms with Crippen LogP contribution in [0.15, 0.2) is 56.8 Å². The molecule has 170 valence electrons. The smallest absolute Gasteiger partial charge is 0.297 e. The second-order valence-electron chi connectivity index (χ2n) is 8.38. The minimum absolute atomic E-state index is 0.0468. The first-order chi connectivity index (χ1) is 16.0. The summed E-state index contributed by atoms with van der Waals surface area (Å²) in [5.41, 5.74) is 4.00. The highest BCUT2D eigenvalue weighted by Crippen LogP contribution is 2.28. The standard InChI is InChI=1S/C25H25N3O4S/c1-15-9-10-16(2)19(12-15)26-21(29)14-33-25-27-22-18-7-3-4-8-20(18)32-23(22)24(30)28(25)13-17-6-5-11-31-17/h3-4,7-10,12,17H,5-6,11,13-14H2,1-2H3,(H,26,29)/t17-/m0/s1. The number of nitrogens with zero attached hydrogens (tertiary/aromatic N) is 2. The van der Waals surface area contributed by atoms with Gasteiger partial charge in [-0.2, -0.15) is 0 Å². The van der Waals surface area contributed by atoms with Crippen LogP contribution in [0, 0.1) is 13.8 Å². The van der Waals surface area contributed by atoms with Crippen molar-refractivity contribution in [2.24, 2.45) is 0 Å². The van der Waals surface area contributed by atoms with Gasteiger partial charge >= 0.3 is 0 Å². The number of carbonyl (C=O) groups is 1. The van der Waals surface area contributed by atoms with Gasteiger partial charge in [0.25, 0.3) is 5.56 Å². The van der Waals surface area contributed by atoms with E-state index in [9.17, 15) is 9.59 Å². The van der Waals surface area contributed by atoms with Gasteiger partial charge in [-0.3, -0.25) is 14.2 Å².